The van der Waals surface area contributed by atoms with Gasteiger partial charge in [-0.15, -0.1) is 0 Å². The highest BCUT2D eigenvalue weighted by atomic mass is 19.4. The average molecular weight is 278 g/mol. The van der Waals surface area contributed by atoms with E-state index in [2.05, 4.69) is 4.98 Å². The molecule has 0 saturated carbocycles. The summed E-state index contributed by atoms with van der Waals surface area (Å²) in [6.45, 7) is -0.737. The van der Waals surface area contributed by atoms with Crippen molar-refractivity contribution in [3.63, 3.8) is 0 Å². The Balaban J connectivity index is 2.24. The summed E-state index contributed by atoms with van der Waals surface area (Å²) in [5, 5.41) is 1.59. The monoisotopic (exact) mass is 278 g/mol. The van der Waals surface area contributed by atoms with Crippen LogP contribution in [0.1, 0.15) is 0 Å². The molecule has 3 rings (SSSR count). The van der Waals surface area contributed by atoms with Crippen molar-refractivity contribution in [1.82, 2.24) is 9.55 Å². The van der Waals surface area contributed by atoms with E-state index in [0.29, 0.717) is 11.0 Å². The Labute approximate surface area is 111 Å². The summed E-state index contributed by atoms with van der Waals surface area (Å²) in [5.74, 6) is -1.77. The summed E-state index contributed by atoms with van der Waals surface area (Å²) in [6.07, 6.45) is -1.79. The van der Waals surface area contributed by atoms with Crippen molar-refractivity contribution in [2.24, 2.45) is 0 Å². The van der Waals surface area contributed by atoms with Crippen molar-refractivity contribution in [3.05, 3.63) is 42.7 Å². The third kappa shape index (κ3) is 1.93. The molecule has 3 nitrogen and oxygen atoms in total. The van der Waals surface area contributed by atoms with E-state index in [1.807, 2.05) is 6.07 Å². The number of carbonyl (C=O) groups is 1. The molecule has 6 heteroatoms. The van der Waals surface area contributed by atoms with Gasteiger partial charge in [-0.1, -0.05) is 18.2 Å². The molecule has 0 aliphatic carbocycles. The average Bonchev–Trinajstić information content (AvgIpc) is 2.73. The van der Waals surface area contributed by atoms with Gasteiger partial charge < -0.3 is 4.57 Å². The molecular formula is C14H9F3N2O. The van der Waals surface area contributed by atoms with Crippen LogP contribution in [-0.4, -0.2) is 21.5 Å². The number of para-hydroxylation sites is 1. The molecule has 1 aromatic carbocycles. The molecule has 0 bridgehead atoms. The van der Waals surface area contributed by atoms with Crippen LogP contribution in [0.3, 0.4) is 0 Å². The zero-order chi connectivity index (χ0) is 14.3. The summed E-state index contributed by atoms with van der Waals surface area (Å²) in [4.78, 5) is 15.2. The minimum Gasteiger partial charge on any atom is -0.331 e. The topological polar surface area (TPSA) is 34.9 Å². The van der Waals surface area contributed by atoms with E-state index in [1.165, 1.54) is 10.8 Å². The normalized spacial score (nSPS) is 12.2. The third-order valence-electron chi connectivity index (χ3n) is 3.19. The van der Waals surface area contributed by atoms with Crippen LogP contribution in [0.4, 0.5) is 13.2 Å². The predicted molar refractivity (Wildman–Crippen MR) is 68.3 cm³/mol. The molecule has 0 spiro atoms. The fourth-order valence-electron chi connectivity index (χ4n) is 2.30. The van der Waals surface area contributed by atoms with E-state index in [-0.39, 0.29) is 0 Å². The molecule has 20 heavy (non-hydrogen) atoms. The first-order valence-corrected chi connectivity index (χ1v) is 5.89. The zero-order valence-electron chi connectivity index (χ0n) is 10.2. The fourth-order valence-corrected chi connectivity index (χ4v) is 2.30. The molecule has 102 valence electrons. The molecule has 0 amide bonds. The van der Waals surface area contributed by atoms with Crippen LogP contribution >= 0.6 is 0 Å². The van der Waals surface area contributed by atoms with Crippen LogP contribution < -0.4 is 0 Å². The van der Waals surface area contributed by atoms with Gasteiger partial charge in [-0.25, -0.2) is 0 Å². The van der Waals surface area contributed by atoms with Crippen LogP contribution in [0, 0.1) is 0 Å². The lowest BCUT2D eigenvalue weighted by Crippen LogP contribution is -2.27. The Morgan fingerprint density at radius 3 is 2.55 bits per heavy atom. The largest absolute Gasteiger partial charge is 0.451 e. The minimum atomic E-state index is -4.83. The first-order valence-electron chi connectivity index (χ1n) is 5.89. The van der Waals surface area contributed by atoms with Crippen LogP contribution in [0.5, 0.6) is 0 Å². The SMILES string of the molecule is O=C(Cn1c2ccccc2c2ccncc21)C(F)(F)F. The number of aromatic nitrogens is 2. The lowest BCUT2D eigenvalue weighted by atomic mass is 10.2. The second kappa shape index (κ2) is 4.33. The molecule has 2 heterocycles. The van der Waals surface area contributed by atoms with E-state index < -0.39 is 18.5 Å². The van der Waals surface area contributed by atoms with Crippen LogP contribution in [0.2, 0.25) is 0 Å². The Hall–Kier alpha value is -2.37. The Morgan fingerprint density at radius 2 is 1.80 bits per heavy atom. The quantitative estimate of drug-likeness (QED) is 0.720. The molecule has 2 aromatic heterocycles. The van der Waals surface area contributed by atoms with Gasteiger partial charge in [-0.2, -0.15) is 13.2 Å². The number of halogens is 3. The molecule has 0 N–H and O–H groups in total. The number of fused-ring (bicyclic) bond motifs is 3. The molecule has 0 radical (unpaired) electrons. The van der Waals surface area contributed by atoms with Gasteiger partial charge in [0.15, 0.2) is 0 Å². The van der Waals surface area contributed by atoms with Crippen molar-refractivity contribution < 1.29 is 18.0 Å². The number of pyridine rings is 1. The van der Waals surface area contributed by atoms with E-state index in [9.17, 15) is 18.0 Å². The number of nitrogens with zero attached hydrogens (tertiary/aromatic N) is 2. The first kappa shape index (κ1) is 12.7. The van der Waals surface area contributed by atoms with Gasteiger partial charge in [0, 0.05) is 22.5 Å². The minimum absolute atomic E-state index is 0.520. The Bertz CT molecular complexity index is 752. The van der Waals surface area contributed by atoms with E-state index in [1.54, 1.807) is 30.5 Å². The van der Waals surface area contributed by atoms with Gasteiger partial charge in [-0.3, -0.25) is 9.78 Å². The number of Topliss-reactive ketones (excluding diaryl/α,β-unsaturated/α-hetero) is 1. The van der Waals surface area contributed by atoms with Crippen molar-refractivity contribution in [1.29, 1.82) is 0 Å². The van der Waals surface area contributed by atoms with E-state index >= 15 is 0 Å². The number of hydrogen-bond acceptors (Lipinski definition) is 2. The summed E-state index contributed by atoms with van der Waals surface area (Å²) < 4.78 is 38.7. The zero-order valence-corrected chi connectivity index (χ0v) is 10.2. The first-order chi connectivity index (χ1) is 9.48. The maximum absolute atomic E-state index is 12.5. The number of alkyl halides is 3. The van der Waals surface area contributed by atoms with Gasteiger partial charge in [0.05, 0.1) is 18.3 Å². The summed E-state index contributed by atoms with van der Waals surface area (Å²) in [6, 6.07) is 8.76. The van der Waals surface area contributed by atoms with Gasteiger partial charge >= 0.3 is 6.18 Å². The highest BCUT2D eigenvalue weighted by molar-refractivity contribution is 6.08. The fraction of sp³-hybridized carbons (Fsp3) is 0.143. The molecule has 0 saturated heterocycles. The summed E-state index contributed by atoms with van der Waals surface area (Å²) in [5.41, 5.74) is 1.11. The van der Waals surface area contributed by atoms with Gasteiger partial charge in [0.25, 0.3) is 5.78 Å². The van der Waals surface area contributed by atoms with Crippen molar-refractivity contribution >= 4 is 27.6 Å². The molecule has 0 fully saturated rings. The number of carbonyl (C=O) groups excluding carboxylic acids is 1. The lowest BCUT2D eigenvalue weighted by Gasteiger charge is -2.08. The van der Waals surface area contributed by atoms with Crippen LogP contribution in [0.15, 0.2) is 42.7 Å². The Kier molecular flexibility index (Phi) is 2.74. The maximum Gasteiger partial charge on any atom is 0.451 e. The molecule has 3 aromatic rings. The number of benzene rings is 1. The smallest absolute Gasteiger partial charge is 0.331 e. The van der Waals surface area contributed by atoms with Gasteiger partial charge in [-0.05, 0) is 12.1 Å². The van der Waals surface area contributed by atoms with Crippen molar-refractivity contribution in [2.45, 2.75) is 12.7 Å². The summed E-state index contributed by atoms with van der Waals surface area (Å²) in [7, 11) is 0. The highest BCUT2D eigenvalue weighted by Gasteiger charge is 2.38. The predicted octanol–water partition coefficient (Wildman–Crippen LogP) is 3.32. The number of rotatable bonds is 2. The van der Waals surface area contributed by atoms with Crippen LogP contribution in [-0.2, 0) is 11.3 Å². The van der Waals surface area contributed by atoms with Crippen molar-refractivity contribution in [3.8, 4) is 0 Å². The maximum atomic E-state index is 12.5. The van der Waals surface area contributed by atoms with Gasteiger partial charge in [0.1, 0.15) is 0 Å². The summed E-state index contributed by atoms with van der Waals surface area (Å²) >= 11 is 0. The van der Waals surface area contributed by atoms with Crippen molar-refractivity contribution in [2.75, 3.05) is 0 Å². The van der Waals surface area contributed by atoms with Gasteiger partial charge in [0.2, 0.25) is 0 Å². The van der Waals surface area contributed by atoms with E-state index in [0.717, 1.165) is 10.8 Å². The molecule has 0 atom stereocenters. The molecule has 0 unspecified atom stereocenters. The lowest BCUT2D eigenvalue weighted by molar-refractivity contribution is -0.171. The van der Waals surface area contributed by atoms with Crippen LogP contribution in [0.25, 0.3) is 21.8 Å². The second-order valence-corrected chi connectivity index (χ2v) is 4.42. The Morgan fingerprint density at radius 1 is 1.10 bits per heavy atom. The molecule has 0 aliphatic rings. The third-order valence-corrected chi connectivity index (χ3v) is 3.19. The number of ketones is 1. The number of hydrogen-bond donors (Lipinski definition) is 0. The highest BCUT2D eigenvalue weighted by Crippen LogP contribution is 2.29. The molecule has 0 aliphatic heterocycles. The standard InChI is InChI=1S/C14H9F3N2O/c15-14(16,17)13(20)8-19-11-4-2-1-3-9(11)10-5-6-18-7-12(10)19/h1-7H,8H2. The molecular weight excluding hydrogens is 269 g/mol. The van der Waals surface area contributed by atoms with E-state index in [4.69, 9.17) is 0 Å². The second-order valence-electron chi connectivity index (χ2n) is 4.42.